The van der Waals surface area contributed by atoms with Crippen LogP contribution in [0.1, 0.15) is 42.2 Å². The summed E-state index contributed by atoms with van der Waals surface area (Å²) < 4.78 is 40.7. The molecule has 0 saturated carbocycles. The number of hydrogen-bond acceptors (Lipinski definition) is 5. The van der Waals surface area contributed by atoms with Crippen LogP contribution in [0.3, 0.4) is 0 Å². The highest BCUT2D eigenvalue weighted by molar-refractivity contribution is 5.47. The first-order valence-electron chi connectivity index (χ1n) is 8.56. The third kappa shape index (κ3) is 3.19. The van der Waals surface area contributed by atoms with Gasteiger partial charge in [0.05, 0.1) is 12.5 Å². The van der Waals surface area contributed by atoms with E-state index in [9.17, 15) is 13.2 Å². The van der Waals surface area contributed by atoms with E-state index in [4.69, 9.17) is 0 Å². The molecule has 4 rings (SSSR count). The van der Waals surface area contributed by atoms with Gasteiger partial charge in [0.25, 0.3) is 0 Å². The lowest BCUT2D eigenvalue weighted by Gasteiger charge is -2.26. The maximum Gasteiger partial charge on any atom is 0.393 e. The summed E-state index contributed by atoms with van der Waals surface area (Å²) in [5.74, 6) is 0.570. The summed E-state index contributed by atoms with van der Waals surface area (Å²) in [5, 5.41) is 11.4. The maximum absolute atomic E-state index is 13.0. The van der Waals surface area contributed by atoms with Crippen molar-refractivity contribution < 1.29 is 13.2 Å². The SMILES string of the molecule is FC(F)(F)C1CCc2nnc(CNc3ncnc4c3CCCC4)n2C1. The van der Waals surface area contributed by atoms with Crippen LogP contribution in [-0.2, 0) is 32.4 Å². The van der Waals surface area contributed by atoms with Crippen LogP contribution in [0, 0.1) is 5.92 Å². The smallest absolute Gasteiger partial charge is 0.362 e. The molecule has 2 aromatic heterocycles. The zero-order chi connectivity index (χ0) is 17.4. The van der Waals surface area contributed by atoms with Gasteiger partial charge in [0, 0.05) is 24.2 Å². The first-order chi connectivity index (χ1) is 12.0. The molecule has 2 aliphatic rings. The van der Waals surface area contributed by atoms with E-state index in [1.807, 2.05) is 0 Å². The van der Waals surface area contributed by atoms with Crippen molar-refractivity contribution in [2.24, 2.45) is 5.92 Å². The molecule has 6 nitrogen and oxygen atoms in total. The molecule has 0 aromatic carbocycles. The van der Waals surface area contributed by atoms with Crippen molar-refractivity contribution in [3.8, 4) is 0 Å². The average Bonchev–Trinajstić information content (AvgIpc) is 3.01. The number of nitrogens with one attached hydrogen (secondary N) is 1. The average molecular weight is 352 g/mol. The molecule has 25 heavy (non-hydrogen) atoms. The number of halogens is 3. The monoisotopic (exact) mass is 352 g/mol. The minimum absolute atomic E-state index is 0.0779. The summed E-state index contributed by atoms with van der Waals surface area (Å²) in [7, 11) is 0. The molecule has 1 atom stereocenters. The van der Waals surface area contributed by atoms with E-state index in [1.54, 1.807) is 4.57 Å². The van der Waals surface area contributed by atoms with Gasteiger partial charge < -0.3 is 9.88 Å². The van der Waals surface area contributed by atoms with Crippen molar-refractivity contribution in [2.75, 3.05) is 5.32 Å². The van der Waals surface area contributed by atoms with Crippen LogP contribution in [-0.4, -0.2) is 30.9 Å². The van der Waals surface area contributed by atoms with Gasteiger partial charge in [-0.3, -0.25) is 0 Å². The van der Waals surface area contributed by atoms with Crippen LogP contribution < -0.4 is 5.32 Å². The summed E-state index contributed by atoms with van der Waals surface area (Å²) in [4.78, 5) is 8.62. The molecular weight excluding hydrogens is 333 g/mol. The van der Waals surface area contributed by atoms with Crippen molar-refractivity contribution in [2.45, 2.75) is 57.8 Å². The van der Waals surface area contributed by atoms with Crippen LogP contribution in [0.15, 0.2) is 6.33 Å². The van der Waals surface area contributed by atoms with Gasteiger partial charge in [0.2, 0.25) is 0 Å². The molecule has 0 spiro atoms. The number of aromatic nitrogens is 5. The molecule has 2 aromatic rings. The summed E-state index contributed by atoms with van der Waals surface area (Å²) in [6.45, 7) is 0.200. The molecule has 0 saturated heterocycles. The van der Waals surface area contributed by atoms with Gasteiger partial charge in [-0.15, -0.1) is 10.2 Å². The van der Waals surface area contributed by atoms with Crippen LogP contribution in [0.4, 0.5) is 19.0 Å². The molecule has 1 aliphatic heterocycles. The number of alkyl halides is 3. The van der Waals surface area contributed by atoms with E-state index < -0.39 is 12.1 Å². The summed E-state index contributed by atoms with van der Waals surface area (Å²) in [6, 6.07) is 0. The normalized spacial score (nSPS) is 20.0. The largest absolute Gasteiger partial charge is 0.393 e. The minimum atomic E-state index is -4.18. The topological polar surface area (TPSA) is 68.5 Å². The van der Waals surface area contributed by atoms with Gasteiger partial charge in [-0.05, 0) is 32.1 Å². The lowest BCUT2D eigenvalue weighted by molar-refractivity contribution is -0.182. The van der Waals surface area contributed by atoms with Crippen molar-refractivity contribution in [3.63, 3.8) is 0 Å². The number of hydrogen-bond donors (Lipinski definition) is 1. The van der Waals surface area contributed by atoms with Crippen molar-refractivity contribution in [1.29, 1.82) is 0 Å². The molecule has 9 heteroatoms. The fourth-order valence-corrected chi connectivity index (χ4v) is 3.62. The van der Waals surface area contributed by atoms with Gasteiger partial charge in [-0.25, -0.2) is 9.97 Å². The number of anilines is 1. The standard InChI is InChI=1S/C16H19F3N6/c17-16(18,19)10-5-6-13-23-24-14(25(13)8-10)7-20-15-11-3-1-2-4-12(11)21-9-22-15/h9-10H,1-8H2,(H,20,21,22). The third-order valence-corrected chi connectivity index (χ3v) is 5.03. The summed E-state index contributed by atoms with van der Waals surface area (Å²) in [5.41, 5.74) is 2.17. The first kappa shape index (κ1) is 16.3. The Labute approximate surface area is 142 Å². The highest BCUT2D eigenvalue weighted by Gasteiger charge is 2.42. The molecular formula is C16H19F3N6. The van der Waals surface area contributed by atoms with Gasteiger partial charge >= 0.3 is 6.18 Å². The lowest BCUT2D eigenvalue weighted by Crippen LogP contribution is -2.33. The molecule has 0 bridgehead atoms. The zero-order valence-electron chi connectivity index (χ0n) is 13.7. The first-order valence-corrected chi connectivity index (χ1v) is 8.56. The van der Waals surface area contributed by atoms with Gasteiger partial charge in [0.15, 0.2) is 5.82 Å². The van der Waals surface area contributed by atoms with E-state index in [1.165, 1.54) is 6.33 Å². The van der Waals surface area contributed by atoms with Crippen LogP contribution >= 0.6 is 0 Å². The molecule has 0 amide bonds. The Kier molecular flexibility index (Phi) is 4.09. The Bertz CT molecular complexity index is 770. The second-order valence-electron chi connectivity index (χ2n) is 6.63. The molecule has 0 fully saturated rings. The third-order valence-electron chi connectivity index (χ3n) is 5.03. The predicted octanol–water partition coefficient (Wildman–Crippen LogP) is 2.68. The number of fused-ring (bicyclic) bond motifs is 2. The number of aryl methyl sites for hydroxylation is 2. The maximum atomic E-state index is 13.0. The molecule has 3 heterocycles. The Morgan fingerprint density at radius 1 is 1.12 bits per heavy atom. The fourth-order valence-electron chi connectivity index (χ4n) is 3.62. The molecule has 1 N–H and O–H groups in total. The highest BCUT2D eigenvalue weighted by Crippen LogP contribution is 2.34. The summed E-state index contributed by atoms with van der Waals surface area (Å²) in [6.07, 6.45) is 1.83. The minimum Gasteiger partial charge on any atom is -0.362 e. The lowest BCUT2D eigenvalue weighted by atomic mass is 9.96. The second-order valence-corrected chi connectivity index (χ2v) is 6.63. The van der Waals surface area contributed by atoms with Crippen LogP contribution in [0.5, 0.6) is 0 Å². The molecule has 1 aliphatic carbocycles. The van der Waals surface area contributed by atoms with Crippen LogP contribution in [0.25, 0.3) is 0 Å². The van der Waals surface area contributed by atoms with Gasteiger partial charge in [0.1, 0.15) is 18.0 Å². The number of rotatable bonds is 3. The van der Waals surface area contributed by atoms with Crippen molar-refractivity contribution in [1.82, 2.24) is 24.7 Å². The van der Waals surface area contributed by atoms with Gasteiger partial charge in [-0.1, -0.05) is 0 Å². The van der Waals surface area contributed by atoms with E-state index >= 15 is 0 Å². The second kappa shape index (κ2) is 6.27. The highest BCUT2D eigenvalue weighted by atomic mass is 19.4. The van der Waals surface area contributed by atoms with E-state index in [-0.39, 0.29) is 13.0 Å². The zero-order valence-corrected chi connectivity index (χ0v) is 13.7. The van der Waals surface area contributed by atoms with E-state index in [0.717, 1.165) is 42.8 Å². The fraction of sp³-hybridized carbons (Fsp3) is 0.625. The Balaban J connectivity index is 1.51. The Morgan fingerprint density at radius 2 is 1.96 bits per heavy atom. The van der Waals surface area contributed by atoms with Crippen LogP contribution in [0.2, 0.25) is 0 Å². The van der Waals surface area contributed by atoms with E-state index in [0.29, 0.717) is 24.6 Å². The van der Waals surface area contributed by atoms with E-state index in [2.05, 4.69) is 25.5 Å². The predicted molar refractivity (Wildman–Crippen MR) is 83.9 cm³/mol. The molecule has 1 unspecified atom stereocenters. The van der Waals surface area contributed by atoms with Crippen molar-refractivity contribution >= 4 is 5.82 Å². The summed E-state index contributed by atoms with van der Waals surface area (Å²) >= 11 is 0. The van der Waals surface area contributed by atoms with Gasteiger partial charge in [-0.2, -0.15) is 13.2 Å². The Morgan fingerprint density at radius 3 is 2.80 bits per heavy atom. The Hall–Kier alpha value is -2.19. The number of nitrogens with zero attached hydrogens (tertiary/aromatic N) is 5. The molecule has 0 radical (unpaired) electrons. The molecule has 134 valence electrons. The van der Waals surface area contributed by atoms with Crippen molar-refractivity contribution in [3.05, 3.63) is 29.2 Å². The quantitative estimate of drug-likeness (QED) is 0.920.